The first kappa shape index (κ1) is 22.0. The maximum atomic E-state index is 13.2. The summed E-state index contributed by atoms with van der Waals surface area (Å²) in [6.07, 6.45) is 0. The number of aliphatic hydroxyl groups excluding tert-OH is 1. The van der Waals surface area contributed by atoms with E-state index >= 15 is 0 Å². The van der Waals surface area contributed by atoms with Crippen LogP contribution in [0.2, 0.25) is 0 Å². The summed E-state index contributed by atoms with van der Waals surface area (Å²) in [5.41, 5.74) is 1.86. The highest BCUT2D eigenvalue weighted by Gasteiger charge is 2.48. The van der Waals surface area contributed by atoms with Crippen molar-refractivity contribution in [3.05, 3.63) is 87.1 Å². The van der Waals surface area contributed by atoms with Gasteiger partial charge in [0.25, 0.3) is 5.78 Å². The Kier molecular flexibility index (Phi) is 5.54. The number of Topliss-reactive ketones (excluding diaryl/α,β-unsaturated/α-hetero) is 1. The molecule has 1 fully saturated rings. The first-order chi connectivity index (χ1) is 15.1. The minimum atomic E-state index is -0.836. The van der Waals surface area contributed by atoms with Crippen LogP contribution in [-0.2, 0) is 15.0 Å². The Morgan fingerprint density at radius 2 is 1.69 bits per heavy atom. The van der Waals surface area contributed by atoms with Crippen molar-refractivity contribution < 1.29 is 19.2 Å². The van der Waals surface area contributed by atoms with E-state index in [1.165, 1.54) is 4.90 Å². The van der Waals surface area contributed by atoms with E-state index in [0.717, 1.165) is 10.0 Å². The zero-order valence-electron chi connectivity index (χ0n) is 18.2. The number of hydrogen-bond acceptors (Lipinski definition) is 5. The number of aliphatic hydroxyl groups is 1. The number of halogens is 1. The van der Waals surface area contributed by atoms with Crippen molar-refractivity contribution in [3.8, 4) is 0 Å². The molecule has 1 aliphatic rings. The van der Waals surface area contributed by atoms with Gasteiger partial charge in [0.1, 0.15) is 11.5 Å². The van der Waals surface area contributed by atoms with Crippen molar-refractivity contribution in [1.29, 1.82) is 0 Å². The minimum Gasteiger partial charge on any atom is -0.507 e. The monoisotopic (exact) mass is 494 g/mol. The van der Waals surface area contributed by atoms with Crippen molar-refractivity contribution in [1.82, 2.24) is 5.16 Å². The summed E-state index contributed by atoms with van der Waals surface area (Å²) < 4.78 is 6.32. The normalized spacial score (nSPS) is 18.4. The van der Waals surface area contributed by atoms with Crippen LogP contribution in [0.15, 0.2) is 69.2 Å². The van der Waals surface area contributed by atoms with Gasteiger partial charge in [0.15, 0.2) is 5.82 Å². The van der Waals surface area contributed by atoms with Crippen LogP contribution >= 0.6 is 15.9 Å². The first-order valence-electron chi connectivity index (χ1n) is 10.2. The Bertz CT molecular complexity index is 1220. The van der Waals surface area contributed by atoms with Gasteiger partial charge in [0.05, 0.1) is 11.6 Å². The van der Waals surface area contributed by atoms with Crippen molar-refractivity contribution in [2.75, 3.05) is 4.90 Å². The molecule has 6 nitrogen and oxygen atoms in total. The van der Waals surface area contributed by atoms with Gasteiger partial charge in [0.2, 0.25) is 0 Å². The van der Waals surface area contributed by atoms with Gasteiger partial charge in [-0.15, -0.1) is 0 Å². The van der Waals surface area contributed by atoms with Crippen molar-refractivity contribution in [3.63, 3.8) is 0 Å². The molecule has 164 valence electrons. The number of aromatic nitrogens is 1. The lowest BCUT2D eigenvalue weighted by atomic mass is 9.93. The number of aryl methyl sites for hydroxylation is 1. The summed E-state index contributed by atoms with van der Waals surface area (Å²) in [6.45, 7) is 7.86. The number of nitrogens with zero attached hydrogens (tertiary/aromatic N) is 2. The van der Waals surface area contributed by atoms with Crippen LogP contribution in [0, 0.1) is 6.92 Å². The van der Waals surface area contributed by atoms with Gasteiger partial charge in [0, 0.05) is 21.5 Å². The number of amides is 1. The third-order valence-corrected chi connectivity index (χ3v) is 5.97. The van der Waals surface area contributed by atoms with Crippen molar-refractivity contribution in [2.45, 2.75) is 39.2 Å². The second-order valence-electron chi connectivity index (χ2n) is 8.89. The Hall–Kier alpha value is -3.19. The van der Waals surface area contributed by atoms with E-state index in [2.05, 4.69) is 21.1 Å². The Balaban J connectivity index is 1.91. The summed E-state index contributed by atoms with van der Waals surface area (Å²) >= 11 is 3.37. The molecule has 1 N–H and O–H groups in total. The molecule has 0 bridgehead atoms. The van der Waals surface area contributed by atoms with E-state index in [1.807, 2.05) is 52.0 Å². The molecule has 4 rings (SSSR count). The molecular formula is C25H23BrN2O4. The Labute approximate surface area is 194 Å². The zero-order valence-corrected chi connectivity index (χ0v) is 19.8. The largest absolute Gasteiger partial charge is 0.507 e. The first-order valence-corrected chi connectivity index (χ1v) is 11.0. The molecule has 1 atom stereocenters. The number of carbonyl (C=O) groups is 2. The number of hydrogen-bond donors (Lipinski definition) is 1. The topological polar surface area (TPSA) is 83.6 Å². The maximum absolute atomic E-state index is 13.2. The minimum absolute atomic E-state index is 0.0153. The molecule has 1 saturated heterocycles. The molecule has 3 aromatic rings. The zero-order chi connectivity index (χ0) is 23.2. The molecule has 7 heteroatoms. The van der Waals surface area contributed by atoms with E-state index in [9.17, 15) is 14.7 Å². The lowest BCUT2D eigenvalue weighted by molar-refractivity contribution is -0.132. The van der Waals surface area contributed by atoms with Gasteiger partial charge in [-0.1, -0.05) is 83.8 Å². The predicted octanol–water partition coefficient (Wildman–Crippen LogP) is 5.67. The molecule has 1 aliphatic heterocycles. The molecule has 1 unspecified atom stereocenters. The van der Waals surface area contributed by atoms with E-state index in [-0.39, 0.29) is 22.6 Å². The maximum Gasteiger partial charge on any atom is 0.301 e. The number of benzene rings is 2. The van der Waals surface area contributed by atoms with Crippen LogP contribution in [0.5, 0.6) is 0 Å². The highest BCUT2D eigenvalue weighted by atomic mass is 79.9. The van der Waals surface area contributed by atoms with Crippen molar-refractivity contribution >= 4 is 39.2 Å². The average molecular weight is 495 g/mol. The van der Waals surface area contributed by atoms with E-state index < -0.39 is 17.7 Å². The lowest BCUT2D eigenvalue weighted by Gasteiger charge is -2.23. The smallest absolute Gasteiger partial charge is 0.301 e. The average Bonchev–Trinajstić information content (AvgIpc) is 3.32. The van der Waals surface area contributed by atoms with Gasteiger partial charge in [-0.3, -0.25) is 14.5 Å². The van der Waals surface area contributed by atoms with E-state index in [4.69, 9.17) is 4.52 Å². The molecule has 0 saturated carbocycles. The van der Waals surface area contributed by atoms with Gasteiger partial charge in [-0.2, -0.15) is 0 Å². The third kappa shape index (κ3) is 3.88. The number of carbonyl (C=O) groups excluding carboxylic acids is 2. The highest BCUT2D eigenvalue weighted by molar-refractivity contribution is 9.10. The molecule has 1 aromatic heterocycles. The Morgan fingerprint density at radius 3 is 2.25 bits per heavy atom. The van der Waals surface area contributed by atoms with Crippen LogP contribution in [0.3, 0.4) is 0 Å². The summed E-state index contributed by atoms with van der Waals surface area (Å²) in [6, 6.07) is 15.2. The van der Waals surface area contributed by atoms with Crippen LogP contribution in [0.25, 0.3) is 5.76 Å². The fraction of sp³-hybridized carbons (Fsp3) is 0.240. The van der Waals surface area contributed by atoms with Gasteiger partial charge in [-0.25, -0.2) is 0 Å². The molecule has 1 amide bonds. The SMILES string of the molecule is Cc1ccc(C2/C(=C(\O)c3ccc(Br)cc3)C(=O)C(=O)N2c2cc(C(C)(C)C)on2)cc1. The predicted molar refractivity (Wildman–Crippen MR) is 125 cm³/mol. The second-order valence-corrected chi connectivity index (χ2v) is 9.80. The molecular weight excluding hydrogens is 472 g/mol. The number of ketones is 1. The third-order valence-electron chi connectivity index (χ3n) is 5.44. The highest BCUT2D eigenvalue weighted by Crippen LogP contribution is 2.42. The van der Waals surface area contributed by atoms with Gasteiger partial charge in [-0.05, 0) is 24.6 Å². The van der Waals surface area contributed by atoms with Crippen LogP contribution in [-0.4, -0.2) is 22.0 Å². The van der Waals surface area contributed by atoms with Gasteiger partial charge >= 0.3 is 5.91 Å². The molecule has 0 radical (unpaired) electrons. The summed E-state index contributed by atoms with van der Waals surface area (Å²) in [7, 11) is 0. The standard InChI is InChI=1S/C25H23BrN2O4/c1-14-5-7-15(8-6-14)21-20(22(29)16-9-11-17(26)12-10-16)23(30)24(31)28(21)19-13-18(32-27-19)25(2,3)4/h5-13,21,29H,1-4H3/b22-20+. The second kappa shape index (κ2) is 8.06. The molecule has 0 spiro atoms. The van der Waals surface area contributed by atoms with Gasteiger partial charge < -0.3 is 9.63 Å². The fourth-order valence-electron chi connectivity index (χ4n) is 3.63. The van der Waals surface area contributed by atoms with Crippen LogP contribution in [0.1, 0.15) is 49.3 Å². The van der Waals surface area contributed by atoms with Crippen LogP contribution in [0.4, 0.5) is 5.82 Å². The van der Waals surface area contributed by atoms with E-state index in [0.29, 0.717) is 16.9 Å². The Morgan fingerprint density at radius 1 is 1.06 bits per heavy atom. The number of rotatable bonds is 3. The fourth-order valence-corrected chi connectivity index (χ4v) is 3.89. The molecule has 32 heavy (non-hydrogen) atoms. The summed E-state index contributed by atoms with van der Waals surface area (Å²) in [5.74, 6) is -0.940. The summed E-state index contributed by atoms with van der Waals surface area (Å²) in [4.78, 5) is 27.6. The number of anilines is 1. The summed E-state index contributed by atoms with van der Waals surface area (Å²) in [5, 5.41) is 15.2. The quantitative estimate of drug-likeness (QED) is 0.288. The van der Waals surface area contributed by atoms with Crippen LogP contribution < -0.4 is 4.90 Å². The molecule has 2 aromatic carbocycles. The van der Waals surface area contributed by atoms with Crippen molar-refractivity contribution in [2.24, 2.45) is 0 Å². The molecule has 2 heterocycles. The lowest BCUT2D eigenvalue weighted by Crippen LogP contribution is -2.29. The van der Waals surface area contributed by atoms with E-state index in [1.54, 1.807) is 30.3 Å². The molecule has 0 aliphatic carbocycles.